The number of hydrogen-bond donors (Lipinski definition) is 0. The zero-order chi connectivity index (χ0) is 15.3. The molecule has 0 aliphatic heterocycles. The van der Waals surface area contributed by atoms with Crippen molar-refractivity contribution in [2.45, 2.75) is 25.7 Å². The van der Waals surface area contributed by atoms with Crippen LogP contribution in [0.5, 0.6) is 5.75 Å². The van der Waals surface area contributed by atoms with Gasteiger partial charge >= 0.3 is 0 Å². The SMILES string of the molecule is CC(C)(CCOc1ccc([N+](=O)[O-])cc1)c1ccccc1. The maximum atomic E-state index is 10.6. The van der Waals surface area contributed by atoms with E-state index in [4.69, 9.17) is 4.74 Å². The minimum absolute atomic E-state index is 0.0298. The first kappa shape index (κ1) is 15.0. The van der Waals surface area contributed by atoms with Crippen LogP contribution in [0.4, 0.5) is 5.69 Å². The van der Waals surface area contributed by atoms with E-state index < -0.39 is 4.92 Å². The third-order valence-corrected chi connectivity index (χ3v) is 3.60. The van der Waals surface area contributed by atoms with Crippen molar-refractivity contribution >= 4 is 5.69 Å². The topological polar surface area (TPSA) is 52.4 Å². The molecule has 2 aromatic rings. The van der Waals surface area contributed by atoms with Gasteiger partial charge in [0.05, 0.1) is 11.5 Å². The van der Waals surface area contributed by atoms with Crippen LogP contribution >= 0.6 is 0 Å². The Morgan fingerprint density at radius 3 is 2.24 bits per heavy atom. The molecule has 0 N–H and O–H groups in total. The summed E-state index contributed by atoms with van der Waals surface area (Å²) < 4.78 is 5.68. The van der Waals surface area contributed by atoms with E-state index in [-0.39, 0.29) is 11.1 Å². The van der Waals surface area contributed by atoms with Gasteiger partial charge in [-0.1, -0.05) is 44.2 Å². The highest BCUT2D eigenvalue weighted by molar-refractivity contribution is 5.36. The van der Waals surface area contributed by atoms with E-state index in [0.29, 0.717) is 12.4 Å². The molecular formula is C17H19NO3. The molecular weight excluding hydrogens is 266 g/mol. The Balaban J connectivity index is 1.90. The molecule has 0 saturated heterocycles. The Labute approximate surface area is 124 Å². The number of ether oxygens (including phenoxy) is 1. The Hall–Kier alpha value is -2.36. The molecule has 2 rings (SSSR count). The molecule has 0 unspecified atom stereocenters. The van der Waals surface area contributed by atoms with Crippen molar-refractivity contribution in [3.63, 3.8) is 0 Å². The summed E-state index contributed by atoms with van der Waals surface area (Å²) in [6.07, 6.45) is 0.869. The van der Waals surface area contributed by atoms with E-state index in [0.717, 1.165) is 6.42 Å². The summed E-state index contributed by atoms with van der Waals surface area (Å²) in [5, 5.41) is 10.6. The predicted octanol–water partition coefficient (Wildman–Crippen LogP) is 4.34. The van der Waals surface area contributed by atoms with Crippen molar-refractivity contribution in [3.05, 3.63) is 70.3 Å². The molecule has 0 aromatic heterocycles. The van der Waals surface area contributed by atoms with Gasteiger partial charge in [-0.3, -0.25) is 10.1 Å². The van der Waals surface area contributed by atoms with Crippen molar-refractivity contribution in [1.29, 1.82) is 0 Å². The van der Waals surface area contributed by atoms with Crippen LogP contribution < -0.4 is 4.74 Å². The number of non-ortho nitro benzene ring substituents is 1. The Bertz CT molecular complexity index is 591. The molecule has 0 heterocycles. The van der Waals surface area contributed by atoms with Crippen LogP contribution in [0.2, 0.25) is 0 Å². The fourth-order valence-corrected chi connectivity index (χ4v) is 2.12. The summed E-state index contributed by atoms with van der Waals surface area (Å²) in [6, 6.07) is 16.5. The van der Waals surface area contributed by atoms with E-state index in [1.54, 1.807) is 12.1 Å². The van der Waals surface area contributed by atoms with E-state index in [1.165, 1.54) is 17.7 Å². The minimum atomic E-state index is -0.414. The van der Waals surface area contributed by atoms with Crippen LogP contribution in [0.25, 0.3) is 0 Å². The van der Waals surface area contributed by atoms with Gasteiger partial charge in [0.25, 0.3) is 5.69 Å². The molecule has 0 amide bonds. The quantitative estimate of drug-likeness (QED) is 0.586. The van der Waals surface area contributed by atoms with E-state index in [2.05, 4.69) is 26.0 Å². The third-order valence-electron chi connectivity index (χ3n) is 3.60. The molecule has 0 bridgehead atoms. The molecule has 0 radical (unpaired) electrons. The summed E-state index contributed by atoms with van der Waals surface area (Å²) in [6.45, 7) is 4.93. The highest BCUT2D eigenvalue weighted by Crippen LogP contribution is 2.27. The average Bonchev–Trinajstić information content (AvgIpc) is 2.48. The van der Waals surface area contributed by atoms with Gasteiger partial charge in [0, 0.05) is 12.1 Å². The number of benzene rings is 2. The maximum absolute atomic E-state index is 10.6. The number of nitro groups is 1. The number of nitro benzene ring substituents is 1. The highest BCUT2D eigenvalue weighted by Gasteiger charge is 2.20. The number of rotatable bonds is 6. The first-order chi connectivity index (χ1) is 9.99. The minimum Gasteiger partial charge on any atom is -0.494 e. The largest absolute Gasteiger partial charge is 0.494 e. The van der Waals surface area contributed by atoms with Crippen molar-refractivity contribution in [2.24, 2.45) is 0 Å². The van der Waals surface area contributed by atoms with Crippen LogP contribution in [0.3, 0.4) is 0 Å². The lowest BCUT2D eigenvalue weighted by molar-refractivity contribution is -0.384. The molecule has 0 spiro atoms. The monoisotopic (exact) mass is 285 g/mol. The lowest BCUT2D eigenvalue weighted by Gasteiger charge is -2.25. The second-order valence-electron chi connectivity index (χ2n) is 5.60. The fourth-order valence-electron chi connectivity index (χ4n) is 2.12. The predicted molar refractivity (Wildman–Crippen MR) is 82.7 cm³/mol. The van der Waals surface area contributed by atoms with Crippen LogP contribution in [0.15, 0.2) is 54.6 Å². The molecule has 0 aliphatic rings. The van der Waals surface area contributed by atoms with Gasteiger partial charge < -0.3 is 4.74 Å². The van der Waals surface area contributed by atoms with E-state index >= 15 is 0 Å². The average molecular weight is 285 g/mol. The molecule has 0 atom stereocenters. The Morgan fingerprint density at radius 1 is 1.05 bits per heavy atom. The Kier molecular flexibility index (Phi) is 4.58. The van der Waals surface area contributed by atoms with Crippen molar-refractivity contribution < 1.29 is 9.66 Å². The fraction of sp³-hybridized carbons (Fsp3) is 0.294. The zero-order valence-corrected chi connectivity index (χ0v) is 12.3. The van der Waals surface area contributed by atoms with Crippen LogP contribution in [-0.4, -0.2) is 11.5 Å². The smallest absolute Gasteiger partial charge is 0.269 e. The van der Waals surface area contributed by atoms with Gasteiger partial charge in [0.1, 0.15) is 5.75 Å². The molecule has 4 heteroatoms. The summed E-state index contributed by atoms with van der Waals surface area (Å²) in [4.78, 5) is 10.2. The van der Waals surface area contributed by atoms with Crippen molar-refractivity contribution in [2.75, 3.05) is 6.61 Å². The van der Waals surface area contributed by atoms with Gasteiger partial charge in [-0.25, -0.2) is 0 Å². The molecule has 110 valence electrons. The Morgan fingerprint density at radius 2 is 1.67 bits per heavy atom. The van der Waals surface area contributed by atoms with Crippen LogP contribution in [0.1, 0.15) is 25.8 Å². The van der Waals surface area contributed by atoms with Gasteiger partial charge in [0.15, 0.2) is 0 Å². The highest BCUT2D eigenvalue weighted by atomic mass is 16.6. The van der Waals surface area contributed by atoms with Gasteiger partial charge in [-0.15, -0.1) is 0 Å². The lowest BCUT2D eigenvalue weighted by atomic mass is 9.82. The third kappa shape index (κ3) is 4.05. The first-order valence-electron chi connectivity index (χ1n) is 6.92. The first-order valence-corrected chi connectivity index (χ1v) is 6.92. The molecule has 0 saturated carbocycles. The number of nitrogens with zero attached hydrogens (tertiary/aromatic N) is 1. The van der Waals surface area contributed by atoms with Crippen LogP contribution in [0, 0.1) is 10.1 Å². The zero-order valence-electron chi connectivity index (χ0n) is 12.3. The summed E-state index contributed by atoms with van der Waals surface area (Å²) in [5.41, 5.74) is 1.38. The number of hydrogen-bond acceptors (Lipinski definition) is 3. The molecule has 0 aliphatic carbocycles. The van der Waals surface area contributed by atoms with E-state index in [1.807, 2.05) is 18.2 Å². The second kappa shape index (κ2) is 6.39. The normalized spacial score (nSPS) is 11.1. The van der Waals surface area contributed by atoms with Crippen molar-refractivity contribution in [3.8, 4) is 5.75 Å². The molecule has 2 aromatic carbocycles. The van der Waals surface area contributed by atoms with E-state index in [9.17, 15) is 10.1 Å². The van der Waals surface area contributed by atoms with Gasteiger partial charge in [-0.05, 0) is 29.5 Å². The molecule has 0 fully saturated rings. The van der Waals surface area contributed by atoms with Gasteiger partial charge in [0.2, 0.25) is 0 Å². The van der Waals surface area contributed by atoms with Gasteiger partial charge in [-0.2, -0.15) is 0 Å². The summed E-state index contributed by atoms with van der Waals surface area (Å²) in [5.74, 6) is 0.657. The molecule has 4 nitrogen and oxygen atoms in total. The second-order valence-corrected chi connectivity index (χ2v) is 5.60. The standard InChI is InChI=1S/C17H19NO3/c1-17(2,14-6-4-3-5-7-14)12-13-21-16-10-8-15(9-11-16)18(19)20/h3-11H,12-13H2,1-2H3. The van der Waals surface area contributed by atoms with Crippen LogP contribution in [-0.2, 0) is 5.41 Å². The lowest BCUT2D eigenvalue weighted by Crippen LogP contribution is -2.20. The summed E-state index contributed by atoms with van der Waals surface area (Å²) >= 11 is 0. The van der Waals surface area contributed by atoms with Crippen molar-refractivity contribution in [1.82, 2.24) is 0 Å². The molecule has 21 heavy (non-hydrogen) atoms. The summed E-state index contributed by atoms with van der Waals surface area (Å²) in [7, 11) is 0. The maximum Gasteiger partial charge on any atom is 0.269 e.